The van der Waals surface area contributed by atoms with Crippen LogP contribution in [-0.2, 0) is 16.1 Å². The van der Waals surface area contributed by atoms with Gasteiger partial charge in [-0.2, -0.15) is 0 Å². The van der Waals surface area contributed by atoms with Crippen LogP contribution in [0, 0.1) is 0 Å². The highest BCUT2D eigenvalue weighted by Gasteiger charge is 2.09. The molecule has 1 rings (SSSR count). The zero-order chi connectivity index (χ0) is 15.5. The summed E-state index contributed by atoms with van der Waals surface area (Å²) in [5, 5.41) is 6.05. The fourth-order valence-corrected chi connectivity index (χ4v) is 1.65. The fraction of sp³-hybridized carbons (Fsp3) is 0.643. The Balaban J connectivity index is 2.39. The van der Waals surface area contributed by atoms with Gasteiger partial charge in [0.1, 0.15) is 0 Å². The van der Waals surface area contributed by atoms with Crippen molar-refractivity contribution in [1.29, 1.82) is 0 Å². The molecule has 21 heavy (non-hydrogen) atoms. The molecule has 1 amide bonds. The van der Waals surface area contributed by atoms with Crippen molar-refractivity contribution in [2.45, 2.75) is 19.9 Å². The molecular weight excluding hydrogens is 270 g/mol. The SMILES string of the molecule is CCCNC(=O)CN(C)c1ncc(CNCCOC)cn1. The summed E-state index contributed by atoms with van der Waals surface area (Å²) in [6, 6.07) is 0. The second-order valence-corrected chi connectivity index (χ2v) is 4.77. The predicted molar refractivity (Wildman–Crippen MR) is 82.2 cm³/mol. The van der Waals surface area contributed by atoms with E-state index in [1.165, 1.54) is 0 Å². The van der Waals surface area contributed by atoms with E-state index in [1.807, 2.05) is 6.92 Å². The smallest absolute Gasteiger partial charge is 0.239 e. The Kier molecular flexibility index (Phi) is 8.30. The number of ether oxygens (including phenoxy) is 1. The quantitative estimate of drug-likeness (QED) is 0.599. The molecule has 7 nitrogen and oxygen atoms in total. The summed E-state index contributed by atoms with van der Waals surface area (Å²) in [5.41, 5.74) is 0.999. The second-order valence-electron chi connectivity index (χ2n) is 4.77. The Morgan fingerprint density at radius 3 is 2.67 bits per heavy atom. The van der Waals surface area contributed by atoms with Gasteiger partial charge >= 0.3 is 0 Å². The summed E-state index contributed by atoms with van der Waals surface area (Å²) in [6.45, 7) is 5.13. The van der Waals surface area contributed by atoms with E-state index in [2.05, 4.69) is 20.6 Å². The summed E-state index contributed by atoms with van der Waals surface area (Å²) in [6.07, 6.45) is 4.46. The van der Waals surface area contributed by atoms with E-state index in [0.29, 0.717) is 25.6 Å². The minimum absolute atomic E-state index is 0.0201. The minimum atomic E-state index is -0.0201. The van der Waals surface area contributed by atoms with Crippen molar-refractivity contribution in [3.8, 4) is 0 Å². The number of anilines is 1. The van der Waals surface area contributed by atoms with Crippen LogP contribution in [0.1, 0.15) is 18.9 Å². The minimum Gasteiger partial charge on any atom is -0.383 e. The Hall–Kier alpha value is -1.73. The van der Waals surface area contributed by atoms with Crippen LogP contribution < -0.4 is 15.5 Å². The van der Waals surface area contributed by atoms with E-state index in [9.17, 15) is 4.79 Å². The number of nitrogens with zero attached hydrogens (tertiary/aromatic N) is 3. The van der Waals surface area contributed by atoms with E-state index < -0.39 is 0 Å². The monoisotopic (exact) mass is 295 g/mol. The van der Waals surface area contributed by atoms with Crippen molar-refractivity contribution >= 4 is 11.9 Å². The number of aromatic nitrogens is 2. The van der Waals surface area contributed by atoms with E-state index in [4.69, 9.17) is 4.74 Å². The molecule has 0 fully saturated rings. The van der Waals surface area contributed by atoms with Crippen molar-refractivity contribution in [1.82, 2.24) is 20.6 Å². The van der Waals surface area contributed by atoms with Crippen LogP contribution in [0.15, 0.2) is 12.4 Å². The Morgan fingerprint density at radius 2 is 2.05 bits per heavy atom. The fourth-order valence-electron chi connectivity index (χ4n) is 1.65. The standard InChI is InChI=1S/C14H25N5O2/c1-4-5-16-13(20)11-19(2)14-17-9-12(10-18-14)8-15-6-7-21-3/h9-10,15H,4-8,11H2,1-3H3,(H,16,20). The summed E-state index contributed by atoms with van der Waals surface area (Å²) in [4.78, 5) is 21.9. The number of nitrogens with one attached hydrogen (secondary N) is 2. The highest BCUT2D eigenvalue weighted by molar-refractivity contribution is 5.80. The van der Waals surface area contributed by atoms with Gasteiger partial charge in [-0.3, -0.25) is 4.79 Å². The van der Waals surface area contributed by atoms with Gasteiger partial charge in [-0.25, -0.2) is 9.97 Å². The summed E-state index contributed by atoms with van der Waals surface area (Å²) in [7, 11) is 3.48. The van der Waals surface area contributed by atoms with E-state index in [-0.39, 0.29) is 12.5 Å². The first kappa shape index (κ1) is 17.3. The van der Waals surface area contributed by atoms with Gasteiger partial charge in [0.05, 0.1) is 13.2 Å². The molecule has 0 atom stereocenters. The molecule has 0 aromatic carbocycles. The van der Waals surface area contributed by atoms with Crippen LogP contribution in [0.4, 0.5) is 5.95 Å². The summed E-state index contributed by atoms with van der Waals surface area (Å²) in [5.74, 6) is 0.524. The molecule has 0 bridgehead atoms. The van der Waals surface area contributed by atoms with Crippen LogP contribution in [0.2, 0.25) is 0 Å². The third kappa shape index (κ3) is 7.01. The number of hydrogen-bond donors (Lipinski definition) is 2. The number of carbonyl (C=O) groups is 1. The molecule has 118 valence electrons. The maximum absolute atomic E-state index is 11.6. The highest BCUT2D eigenvalue weighted by Crippen LogP contribution is 2.04. The molecule has 1 heterocycles. The number of likely N-dealkylation sites (N-methyl/N-ethyl adjacent to an activating group) is 1. The third-order valence-corrected chi connectivity index (χ3v) is 2.80. The molecule has 0 saturated carbocycles. The molecule has 0 aliphatic rings. The van der Waals surface area contributed by atoms with Gasteiger partial charge in [-0.05, 0) is 6.42 Å². The van der Waals surface area contributed by atoms with Crippen molar-refractivity contribution in [3.05, 3.63) is 18.0 Å². The first-order valence-corrected chi connectivity index (χ1v) is 7.15. The van der Waals surface area contributed by atoms with E-state index in [1.54, 1.807) is 31.5 Å². The second kappa shape index (κ2) is 10.1. The van der Waals surface area contributed by atoms with Crippen molar-refractivity contribution in [2.75, 3.05) is 45.3 Å². The molecule has 0 aliphatic carbocycles. The lowest BCUT2D eigenvalue weighted by Gasteiger charge is -2.16. The van der Waals surface area contributed by atoms with Crippen molar-refractivity contribution < 1.29 is 9.53 Å². The Bertz CT molecular complexity index is 410. The Morgan fingerprint density at radius 1 is 1.33 bits per heavy atom. The van der Waals surface area contributed by atoms with Crippen LogP contribution in [0.5, 0.6) is 0 Å². The number of amides is 1. The summed E-state index contributed by atoms with van der Waals surface area (Å²) < 4.78 is 4.96. The normalized spacial score (nSPS) is 10.4. The molecule has 0 aliphatic heterocycles. The maximum atomic E-state index is 11.6. The van der Waals surface area contributed by atoms with Gasteiger partial charge in [-0.15, -0.1) is 0 Å². The average Bonchev–Trinajstić information content (AvgIpc) is 2.50. The molecule has 0 radical (unpaired) electrons. The number of methoxy groups -OCH3 is 1. The molecule has 2 N–H and O–H groups in total. The van der Waals surface area contributed by atoms with Crippen LogP contribution in [0.25, 0.3) is 0 Å². The van der Waals surface area contributed by atoms with Gasteiger partial charge < -0.3 is 20.3 Å². The topological polar surface area (TPSA) is 79.4 Å². The lowest BCUT2D eigenvalue weighted by atomic mass is 10.3. The molecule has 0 spiro atoms. The largest absolute Gasteiger partial charge is 0.383 e. The molecular formula is C14H25N5O2. The molecule has 7 heteroatoms. The number of hydrogen-bond acceptors (Lipinski definition) is 6. The van der Waals surface area contributed by atoms with Gasteiger partial charge in [0.15, 0.2) is 0 Å². The van der Waals surface area contributed by atoms with Gasteiger partial charge in [0, 0.05) is 51.7 Å². The van der Waals surface area contributed by atoms with Crippen LogP contribution in [-0.4, -0.2) is 56.3 Å². The van der Waals surface area contributed by atoms with Crippen molar-refractivity contribution in [2.24, 2.45) is 0 Å². The number of rotatable bonds is 10. The lowest BCUT2D eigenvalue weighted by molar-refractivity contribution is -0.119. The average molecular weight is 295 g/mol. The van der Waals surface area contributed by atoms with Crippen LogP contribution >= 0.6 is 0 Å². The van der Waals surface area contributed by atoms with Gasteiger partial charge in [0.25, 0.3) is 0 Å². The predicted octanol–water partition coefficient (Wildman–Crippen LogP) is 0.175. The molecule has 1 aromatic rings. The highest BCUT2D eigenvalue weighted by atomic mass is 16.5. The van der Waals surface area contributed by atoms with E-state index >= 15 is 0 Å². The zero-order valence-electron chi connectivity index (χ0n) is 13.1. The maximum Gasteiger partial charge on any atom is 0.239 e. The first-order valence-electron chi connectivity index (χ1n) is 7.15. The first-order chi connectivity index (χ1) is 10.2. The van der Waals surface area contributed by atoms with Gasteiger partial charge in [-0.1, -0.05) is 6.92 Å². The zero-order valence-corrected chi connectivity index (χ0v) is 13.1. The number of carbonyl (C=O) groups excluding carboxylic acids is 1. The van der Waals surface area contributed by atoms with Crippen LogP contribution in [0.3, 0.4) is 0 Å². The molecule has 1 aromatic heterocycles. The van der Waals surface area contributed by atoms with E-state index in [0.717, 1.165) is 18.5 Å². The Labute approximate surface area is 126 Å². The molecule has 0 saturated heterocycles. The van der Waals surface area contributed by atoms with Gasteiger partial charge in [0.2, 0.25) is 11.9 Å². The summed E-state index contributed by atoms with van der Waals surface area (Å²) >= 11 is 0. The molecule has 0 unspecified atom stereocenters. The third-order valence-electron chi connectivity index (χ3n) is 2.80. The van der Waals surface area contributed by atoms with Crippen molar-refractivity contribution in [3.63, 3.8) is 0 Å². The lowest BCUT2D eigenvalue weighted by Crippen LogP contribution is -2.36.